The number of nitrogens with one attached hydrogen (secondary N) is 1. The minimum absolute atomic E-state index is 0.635. The fourth-order valence-corrected chi connectivity index (χ4v) is 3.66. The number of hydrogen-bond acceptors (Lipinski definition) is 5. The van der Waals surface area contributed by atoms with E-state index in [9.17, 15) is 0 Å². The molecule has 22 heavy (non-hydrogen) atoms. The van der Waals surface area contributed by atoms with Gasteiger partial charge in [0.05, 0.1) is 0 Å². The molecule has 1 N–H and O–H groups in total. The second kappa shape index (κ2) is 7.77. The SMILES string of the molecule is CCN1CCCC1CNc1nccc(N2CCCCCC2)n1. The molecule has 1 aromatic heterocycles. The van der Waals surface area contributed by atoms with Crippen LogP contribution in [0.2, 0.25) is 0 Å². The molecule has 0 spiro atoms. The molecule has 0 radical (unpaired) electrons. The number of hydrogen-bond donors (Lipinski definition) is 1. The summed E-state index contributed by atoms with van der Waals surface area (Å²) >= 11 is 0. The first-order chi connectivity index (χ1) is 10.9. The van der Waals surface area contributed by atoms with Gasteiger partial charge in [-0.05, 0) is 44.8 Å². The minimum Gasteiger partial charge on any atom is -0.356 e. The lowest BCUT2D eigenvalue weighted by atomic mass is 10.2. The molecule has 0 bridgehead atoms. The van der Waals surface area contributed by atoms with Crippen LogP contribution < -0.4 is 10.2 Å². The summed E-state index contributed by atoms with van der Waals surface area (Å²) in [4.78, 5) is 14.1. The van der Waals surface area contributed by atoms with Crippen LogP contribution in [-0.2, 0) is 0 Å². The molecule has 5 nitrogen and oxygen atoms in total. The van der Waals surface area contributed by atoms with E-state index in [1.807, 2.05) is 12.3 Å². The van der Waals surface area contributed by atoms with Crippen molar-refractivity contribution in [2.45, 2.75) is 51.5 Å². The van der Waals surface area contributed by atoms with Gasteiger partial charge >= 0.3 is 0 Å². The molecule has 1 aromatic rings. The quantitative estimate of drug-likeness (QED) is 0.906. The third-order valence-corrected chi connectivity index (χ3v) is 4.97. The van der Waals surface area contributed by atoms with E-state index < -0.39 is 0 Å². The van der Waals surface area contributed by atoms with E-state index in [1.54, 1.807) is 0 Å². The smallest absolute Gasteiger partial charge is 0.224 e. The Morgan fingerprint density at radius 1 is 1.14 bits per heavy atom. The maximum absolute atomic E-state index is 4.74. The topological polar surface area (TPSA) is 44.3 Å². The van der Waals surface area contributed by atoms with Crippen LogP contribution >= 0.6 is 0 Å². The molecule has 3 rings (SSSR count). The summed E-state index contributed by atoms with van der Waals surface area (Å²) in [5.74, 6) is 1.86. The van der Waals surface area contributed by atoms with Gasteiger partial charge in [0.1, 0.15) is 5.82 Å². The molecule has 0 saturated carbocycles. The molecule has 2 aliphatic rings. The van der Waals surface area contributed by atoms with E-state index >= 15 is 0 Å². The fraction of sp³-hybridized carbons (Fsp3) is 0.765. The monoisotopic (exact) mass is 303 g/mol. The zero-order chi connectivity index (χ0) is 15.2. The molecular weight excluding hydrogens is 274 g/mol. The largest absolute Gasteiger partial charge is 0.356 e. The van der Waals surface area contributed by atoms with Gasteiger partial charge in [-0.15, -0.1) is 0 Å². The highest BCUT2D eigenvalue weighted by molar-refractivity contribution is 5.42. The second-order valence-electron chi connectivity index (χ2n) is 6.45. The summed E-state index contributed by atoms with van der Waals surface area (Å²) in [5, 5.41) is 3.46. The molecule has 0 amide bonds. The normalized spacial score (nSPS) is 23.5. The number of likely N-dealkylation sites (N-methyl/N-ethyl adjacent to an activating group) is 1. The van der Waals surface area contributed by atoms with E-state index in [0.717, 1.165) is 37.9 Å². The van der Waals surface area contributed by atoms with Gasteiger partial charge in [0.2, 0.25) is 5.95 Å². The Labute approximate surface area is 134 Å². The summed E-state index contributed by atoms with van der Waals surface area (Å²) in [7, 11) is 0. The van der Waals surface area contributed by atoms with Crippen molar-refractivity contribution in [3.8, 4) is 0 Å². The Morgan fingerprint density at radius 2 is 1.95 bits per heavy atom. The summed E-state index contributed by atoms with van der Waals surface area (Å²) in [5.41, 5.74) is 0. The second-order valence-corrected chi connectivity index (χ2v) is 6.45. The maximum Gasteiger partial charge on any atom is 0.224 e. The van der Waals surface area contributed by atoms with E-state index in [0.29, 0.717) is 6.04 Å². The molecule has 1 unspecified atom stereocenters. The molecule has 0 aromatic carbocycles. The Hall–Kier alpha value is -1.36. The average Bonchev–Trinajstić information content (AvgIpc) is 2.84. The van der Waals surface area contributed by atoms with Crippen LogP contribution in [-0.4, -0.2) is 53.6 Å². The van der Waals surface area contributed by atoms with Crippen molar-refractivity contribution >= 4 is 11.8 Å². The highest BCUT2D eigenvalue weighted by atomic mass is 15.2. The average molecular weight is 303 g/mol. The highest BCUT2D eigenvalue weighted by Crippen LogP contribution is 2.19. The van der Waals surface area contributed by atoms with Crippen LogP contribution in [0.15, 0.2) is 12.3 Å². The number of likely N-dealkylation sites (tertiary alicyclic amines) is 1. The molecule has 2 aliphatic heterocycles. The van der Waals surface area contributed by atoms with E-state index in [1.165, 1.54) is 45.1 Å². The van der Waals surface area contributed by atoms with Crippen LogP contribution in [0.3, 0.4) is 0 Å². The van der Waals surface area contributed by atoms with Gasteiger partial charge in [0.15, 0.2) is 0 Å². The van der Waals surface area contributed by atoms with Crippen molar-refractivity contribution in [2.75, 3.05) is 42.9 Å². The Morgan fingerprint density at radius 3 is 2.73 bits per heavy atom. The molecule has 122 valence electrons. The number of aromatic nitrogens is 2. The summed E-state index contributed by atoms with van der Waals surface area (Å²) < 4.78 is 0. The van der Waals surface area contributed by atoms with Gasteiger partial charge in [-0.2, -0.15) is 4.98 Å². The number of nitrogens with zero attached hydrogens (tertiary/aromatic N) is 4. The molecular formula is C17H29N5. The third-order valence-electron chi connectivity index (χ3n) is 4.97. The van der Waals surface area contributed by atoms with E-state index in [-0.39, 0.29) is 0 Å². The Bertz CT molecular complexity index is 456. The summed E-state index contributed by atoms with van der Waals surface area (Å²) in [6.45, 7) is 7.83. The lowest BCUT2D eigenvalue weighted by Crippen LogP contribution is -2.35. The number of anilines is 2. The Kier molecular flexibility index (Phi) is 5.48. The van der Waals surface area contributed by atoms with Crippen LogP contribution in [0.25, 0.3) is 0 Å². The first-order valence-corrected chi connectivity index (χ1v) is 8.92. The maximum atomic E-state index is 4.74. The lowest BCUT2D eigenvalue weighted by Gasteiger charge is -2.24. The zero-order valence-corrected chi connectivity index (χ0v) is 13.8. The van der Waals surface area contributed by atoms with Crippen molar-refractivity contribution in [1.82, 2.24) is 14.9 Å². The minimum atomic E-state index is 0.635. The predicted octanol–water partition coefficient (Wildman–Crippen LogP) is 2.75. The summed E-state index contributed by atoms with van der Waals surface area (Å²) in [6, 6.07) is 2.68. The van der Waals surface area contributed by atoms with Crippen molar-refractivity contribution in [3.63, 3.8) is 0 Å². The summed E-state index contributed by atoms with van der Waals surface area (Å²) in [6.07, 6.45) is 9.74. The van der Waals surface area contributed by atoms with Crippen molar-refractivity contribution in [3.05, 3.63) is 12.3 Å². The van der Waals surface area contributed by atoms with E-state index in [2.05, 4.69) is 27.0 Å². The zero-order valence-electron chi connectivity index (χ0n) is 13.8. The van der Waals surface area contributed by atoms with Crippen molar-refractivity contribution in [2.24, 2.45) is 0 Å². The van der Waals surface area contributed by atoms with Crippen LogP contribution in [0.1, 0.15) is 45.4 Å². The van der Waals surface area contributed by atoms with Crippen molar-refractivity contribution in [1.29, 1.82) is 0 Å². The standard InChI is InChI=1S/C17H29N5/c1-2-21-13-7-8-15(21)14-19-17-18-10-9-16(20-17)22-11-5-3-4-6-12-22/h9-10,15H,2-8,11-14H2,1H3,(H,18,19,20). The molecule has 1 atom stereocenters. The molecule has 0 aliphatic carbocycles. The molecule has 5 heteroatoms. The van der Waals surface area contributed by atoms with Gasteiger partial charge in [0.25, 0.3) is 0 Å². The number of rotatable bonds is 5. The molecule has 3 heterocycles. The van der Waals surface area contributed by atoms with Gasteiger partial charge in [0, 0.05) is 31.9 Å². The van der Waals surface area contributed by atoms with Crippen molar-refractivity contribution < 1.29 is 0 Å². The molecule has 2 fully saturated rings. The molecule has 2 saturated heterocycles. The van der Waals surface area contributed by atoms with E-state index in [4.69, 9.17) is 4.98 Å². The van der Waals surface area contributed by atoms with Gasteiger partial charge in [-0.1, -0.05) is 19.8 Å². The predicted molar refractivity (Wildman–Crippen MR) is 91.5 cm³/mol. The third kappa shape index (κ3) is 3.88. The fourth-order valence-electron chi connectivity index (χ4n) is 3.66. The first kappa shape index (κ1) is 15.5. The van der Waals surface area contributed by atoms with Crippen LogP contribution in [0.4, 0.5) is 11.8 Å². The van der Waals surface area contributed by atoms with Crippen LogP contribution in [0, 0.1) is 0 Å². The van der Waals surface area contributed by atoms with Gasteiger partial charge in [-0.25, -0.2) is 4.98 Å². The van der Waals surface area contributed by atoms with Gasteiger partial charge in [-0.3, -0.25) is 4.90 Å². The van der Waals surface area contributed by atoms with Crippen LogP contribution in [0.5, 0.6) is 0 Å². The van der Waals surface area contributed by atoms with Gasteiger partial charge < -0.3 is 10.2 Å². The highest BCUT2D eigenvalue weighted by Gasteiger charge is 2.22. The first-order valence-electron chi connectivity index (χ1n) is 8.92. The lowest BCUT2D eigenvalue weighted by molar-refractivity contribution is 0.277. The Balaban J connectivity index is 1.58.